The Bertz CT molecular complexity index is 1610. The van der Waals surface area contributed by atoms with Crippen molar-refractivity contribution in [1.29, 1.82) is 0 Å². The standard InChI is InChI=1S/C27H23NO10/c29-17-5-2-14(10-19(17)31)3-7-23(34)28-8-1-9-37-16-12-21(33)24-22(13-16)38-27(26(36)25(24)35)15-4-6-18(30)20(32)11-15/h2-7,10-13,29-33,36H,1,8-9H2,(H,28,34)/b7-3+. The molecule has 1 aromatic heterocycles. The summed E-state index contributed by atoms with van der Waals surface area (Å²) in [5, 5.41) is 61.1. The molecule has 0 aliphatic carbocycles. The number of hydrogen-bond donors (Lipinski definition) is 7. The third kappa shape index (κ3) is 5.57. The number of amides is 1. The topological polar surface area (TPSA) is 190 Å². The monoisotopic (exact) mass is 521 g/mol. The molecular weight excluding hydrogens is 498 g/mol. The van der Waals surface area contributed by atoms with E-state index in [9.17, 15) is 40.2 Å². The first kappa shape index (κ1) is 25.8. The number of carbonyl (C=O) groups is 1. The Morgan fingerprint density at radius 3 is 2.29 bits per heavy atom. The molecule has 1 amide bonds. The molecule has 1 heterocycles. The van der Waals surface area contributed by atoms with E-state index in [0.29, 0.717) is 12.0 Å². The lowest BCUT2D eigenvalue weighted by Crippen LogP contribution is -2.23. The second-order valence-corrected chi connectivity index (χ2v) is 8.20. The maximum Gasteiger partial charge on any atom is 0.244 e. The van der Waals surface area contributed by atoms with Crippen molar-refractivity contribution in [3.05, 3.63) is 70.4 Å². The fourth-order valence-corrected chi connectivity index (χ4v) is 3.56. The zero-order valence-corrected chi connectivity index (χ0v) is 19.7. The van der Waals surface area contributed by atoms with Gasteiger partial charge in [0, 0.05) is 30.3 Å². The van der Waals surface area contributed by atoms with Gasteiger partial charge in [0.25, 0.3) is 0 Å². The number of phenols is 5. The maximum absolute atomic E-state index is 12.7. The number of hydrogen-bond acceptors (Lipinski definition) is 10. The van der Waals surface area contributed by atoms with Gasteiger partial charge in [-0.3, -0.25) is 9.59 Å². The van der Waals surface area contributed by atoms with Crippen LogP contribution >= 0.6 is 0 Å². The van der Waals surface area contributed by atoms with Gasteiger partial charge >= 0.3 is 0 Å². The van der Waals surface area contributed by atoms with E-state index >= 15 is 0 Å². The quantitative estimate of drug-likeness (QED) is 0.103. The first-order chi connectivity index (χ1) is 18.1. The molecular formula is C27H23NO10. The van der Waals surface area contributed by atoms with Crippen LogP contribution in [0.2, 0.25) is 0 Å². The van der Waals surface area contributed by atoms with Gasteiger partial charge in [0.1, 0.15) is 22.5 Å². The zero-order valence-electron chi connectivity index (χ0n) is 19.7. The van der Waals surface area contributed by atoms with Gasteiger partial charge in [0.15, 0.2) is 28.8 Å². The van der Waals surface area contributed by atoms with E-state index in [1.54, 1.807) is 0 Å². The minimum atomic E-state index is -0.892. The van der Waals surface area contributed by atoms with Crippen molar-refractivity contribution in [1.82, 2.24) is 5.32 Å². The van der Waals surface area contributed by atoms with E-state index in [1.807, 2.05) is 0 Å². The van der Waals surface area contributed by atoms with Crippen molar-refractivity contribution in [3.8, 4) is 51.6 Å². The lowest BCUT2D eigenvalue weighted by atomic mass is 10.1. The average Bonchev–Trinajstić information content (AvgIpc) is 2.88. The molecule has 3 aromatic carbocycles. The highest BCUT2D eigenvalue weighted by Crippen LogP contribution is 2.38. The average molecular weight is 521 g/mol. The van der Waals surface area contributed by atoms with Gasteiger partial charge < -0.3 is 45.1 Å². The van der Waals surface area contributed by atoms with Gasteiger partial charge in [-0.2, -0.15) is 0 Å². The molecule has 7 N–H and O–H groups in total. The Hall–Kier alpha value is -5.32. The summed E-state index contributed by atoms with van der Waals surface area (Å²) in [5.74, 6) is -3.16. The molecule has 0 spiro atoms. The number of nitrogens with one attached hydrogen (secondary N) is 1. The van der Waals surface area contributed by atoms with Crippen LogP contribution in [0, 0.1) is 0 Å². The summed E-state index contributed by atoms with van der Waals surface area (Å²) in [7, 11) is 0. The van der Waals surface area contributed by atoms with E-state index in [2.05, 4.69) is 5.32 Å². The molecule has 0 aliphatic rings. The summed E-state index contributed by atoms with van der Waals surface area (Å²) in [5.41, 5.74) is -0.324. The molecule has 0 unspecified atom stereocenters. The van der Waals surface area contributed by atoms with Crippen molar-refractivity contribution >= 4 is 23.0 Å². The maximum atomic E-state index is 12.7. The van der Waals surface area contributed by atoms with Gasteiger partial charge in [0.2, 0.25) is 17.1 Å². The number of fused-ring (bicyclic) bond motifs is 1. The Morgan fingerprint density at radius 2 is 1.58 bits per heavy atom. The van der Waals surface area contributed by atoms with Crippen molar-refractivity contribution in [2.24, 2.45) is 0 Å². The lowest BCUT2D eigenvalue weighted by molar-refractivity contribution is -0.116. The van der Waals surface area contributed by atoms with Crippen molar-refractivity contribution < 1.29 is 44.6 Å². The molecule has 11 heteroatoms. The summed E-state index contributed by atoms with van der Waals surface area (Å²) in [6.45, 7) is 0.406. The number of carbonyl (C=O) groups excluding carboxylic acids is 1. The van der Waals surface area contributed by atoms with Crippen LogP contribution in [0.1, 0.15) is 12.0 Å². The van der Waals surface area contributed by atoms with E-state index in [1.165, 1.54) is 48.6 Å². The second kappa shape index (κ2) is 10.7. The summed E-state index contributed by atoms with van der Waals surface area (Å²) in [6.07, 6.45) is 3.15. The first-order valence-electron chi connectivity index (χ1n) is 11.3. The molecule has 0 bridgehead atoms. The van der Waals surface area contributed by atoms with Gasteiger partial charge in [-0.15, -0.1) is 0 Å². The minimum absolute atomic E-state index is 0.0796. The predicted octanol–water partition coefficient (Wildman–Crippen LogP) is 3.29. The largest absolute Gasteiger partial charge is 0.507 e. The van der Waals surface area contributed by atoms with Crippen LogP contribution in [-0.4, -0.2) is 49.7 Å². The van der Waals surface area contributed by atoms with Crippen LogP contribution in [0.4, 0.5) is 0 Å². The summed E-state index contributed by atoms with van der Waals surface area (Å²) >= 11 is 0. The highest BCUT2D eigenvalue weighted by Gasteiger charge is 2.20. The van der Waals surface area contributed by atoms with Gasteiger partial charge in [-0.1, -0.05) is 6.07 Å². The molecule has 0 radical (unpaired) electrons. The van der Waals surface area contributed by atoms with Gasteiger partial charge in [-0.05, 0) is 48.4 Å². The van der Waals surface area contributed by atoms with Crippen LogP contribution in [0.15, 0.2) is 63.8 Å². The number of benzene rings is 3. The molecule has 38 heavy (non-hydrogen) atoms. The fourth-order valence-electron chi connectivity index (χ4n) is 3.56. The van der Waals surface area contributed by atoms with Crippen LogP contribution in [0.3, 0.4) is 0 Å². The van der Waals surface area contributed by atoms with E-state index in [0.717, 1.165) is 12.1 Å². The third-order valence-corrected chi connectivity index (χ3v) is 5.48. The third-order valence-electron chi connectivity index (χ3n) is 5.48. The van der Waals surface area contributed by atoms with E-state index in [-0.39, 0.29) is 58.6 Å². The van der Waals surface area contributed by atoms with E-state index in [4.69, 9.17) is 9.15 Å². The SMILES string of the molecule is O=C(/C=C/c1ccc(O)c(O)c1)NCCCOc1cc(O)c2c(=O)c(O)c(-c3ccc(O)c(O)c3)oc2c1. The molecule has 4 aromatic rings. The Morgan fingerprint density at radius 1 is 0.868 bits per heavy atom. The highest BCUT2D eigenvalue weighted by molar-refractivity contribution is 5.91. The Balaban J connectivity index is 1.39. The zero-order chi connectivity index (χ0) is 27.4. The molecule has 11 nitrogen and oxygen atoms in total. The van der Waals surface area contributed by atoms with Crippen molar-refractivity contribution in [2.45, 2.75) is 6.42 Å². The van der Waals surface area contributed by atoms with Crippen molar-refractivity contribution in [2.75, 3.05) is 13.2 Å². The fraction of sp³-hybridized carbons (Fsp3) is 0.111. The second-order valence-electron chi connectivity index (χ2n) is 8.20. The molecule has 0 fully saturated rings. The molecule has 0 aliphatic heterocycles. The van der Waals surface area contributed by atoms with Gasteiger partial charge in [0.05, 0.1) is 6.61 Å². The minimum Gasteiger partial charge on any atom is -0.507 e. The number of ether oxygens (including phenoxy) is 1. The van der Waals surface area contributed by atoms with Crippen LogP contribution in [0.5, 0.6) is 40.2 Å². The van der Waals surface area contributed by atoms with E-state index < -0.39 is 28.4 Å². The molecule has 0 atom stereocenters. The number of phenolic OH excluding ortho intramolecular Hbond substituents is 5. The highest BCUT2D eigenvalue weighted by atomic mass is 16.5. The van der Waals surface area contributed by atoms with Crippen LogP contribution in [0.25, 0.3) is 28.4 Å². The first-order valence-corrected chi connectivity index (χ1v) is 11.3. The summed E-state index contributed by atoms with van der Waals surface area (Å²) < 4.78 is 11.2. The normalized spacial score (nSPS) is 11.2. The van der Waals surface area contributed by atoms with Crippen LogP contribution < -0.4 is 15.5 Å². The summed E-state index contributed by atoms with van der Waals surface area (Å²) in [4.78, 5) is 24.6. The molecule has 0 saturated heterocycles. The van der Waals surface area contributed by atoms with Crippen LogP contribution in [-0.2, 0) is 4.79 Å². The number of rotatable bonds is 8. The summed E-state index contributed by atoms with van der Waals surface area (Å²) in [6, 6.07) is 10.3. The Kier molecular flexibility index (Phi) is 7.28. The molecule has 0 saturated carbocycles. The molecule has 4 rings (SSSR count). The lowest BCUT2D eigenvalue weighted by Gasteiger charge is -2.11. The predicted molar refractivity (Wildman–Crippen MR) is 137 cm³/mol. The molecule has 196 valence electrons. The number of aromatic hydroxyl groups is 6. The van der Waals surface area contributed by atoms with Gasteiger partial charge in [-0.25, -0.2) is 0 Å². The smallest absolute Gasteiger partial charge is 0.244 e. The van der Waals surface area contributed by atoms with Crippen molar-refractivity contribution in [3.63, 3.8) is 0 Å². The Labute approximate surface area is 214 Å².